The molecule has 3 aromatic rings. The lowest BCUT2D eigenvalue weighted by Crippen LogP contribution is -2.19. The van der Waals surface area contributed by atoms with Crippen molar-refractivity contribution in [3.63, 3.8) is 0 Å². The number of hydrogen-bond acceptors (Lipinski definition) is 7. The van der Waals surface area contributed by atoms with E-state index in [0.717, 1.165) is 27.2 Å². The van der Waals surface area contributed by atoms with Gasteiger partial charge in [0.1, 0.15) is 27.4 Å². The van der Waals surface area contributed by atoms with Crippen LogP contribution >= 0.6 is 11.3 Å². The van der Waals surface area contributed by atoms with Crippen molar-refractivity contribution in [2.45, 2.75) is 13.3 Å². The van der Waals surface area contributed by atoms with Crippen molar-refractivity contribution in [3.8, 4) is 17.6 Å². The SMILES string of the molecule is C=CCN(C)c1nc(Cc2ccc(OC)c(OC)c2)nc2sc(C#N)c(C)c12. The number of aryl methyl sites for hydroxylation is 1. The van der Waals surface area contributed by atoms with Crippen molar-refractivity contribution in [1.29, 1.82) is 5.26 Å². The van der Waals surface area contributed by atoms with Crippen LogP contribution in [0.2, 0.25) is 0 Å². The summed E-state index contributed by atoms with van der Waals surface area (Å²) in [5, 5.41) is 10.4. The summed E-state index contributed by atoms with van der Waals surface area (Å²) < 4.78 is 10.7. The highest BCUT2D eigenvalue weighted by Crippen LogP contribution is 2.35. The average Bonchev–Trinajstić information content (AvgIpc) is 3.03. The number of nitrogens with zero attached hydrogens (tertiary/aromatic N) is 4. The zero-order chi connectivity index (χ0) is 20.3. The predicted octanol–water partition coefficient (Wildman–Crippen LogP) is 4.10. The third-order valence-corrected chi connectivity index (χ3v) is 5.58. The minimum absolute atomic E-state index is 0.546. The molecule has 144 valence electrons. The molecular formula is C21H22N4O2S. The van der Waals surface area contributed by atoms with E-state index in [1.807, 2.05) is 43.1 Å². The van der Waals surface area contributed by atoms with Crippen molar-refractivity contribution >= 4 is 27.4 Å². The molecule has 7 heteroatoms. The van der Waals surface area contributed by atoms with E-state index in [1.165, 1.54) is 11.3 Å². The Morgan fingerprint density at radius 2 is 2.00 bits per heavy atom. The van der Waals surface area contributed by atoms with Gasteiger partial charge in [-0.1, -0.05) is 12.1 Å². The van der Waals surface area contributed by atoms with Crippen molar-refractivity contribution < 1.29 is 9.47 Å². The first-order valence-corrected chi connectivity index (χ1v) is 9.57. The molecule has 3 rings (SSSR count). The van der Waals surface area contributed by atoms with E-state index < -0.39 is 0 Å². The minimum atomic E-state index is 0.546. The van der Waals surface area contributed by atoms with Gasteiger partial charge in [-0.25, -0.2) is 9.97 Å². The summed E-state index contributed by atoms with van der Waals surface area (Å²) in [5.74, 6) is 2.86. The van der Waals surface area contributed by atoms with Crippen LogP contribution in [0.1, 0.15) is 21.8 Å². The topological polar surface area (TPSA) is 71.3 Å². The first-order chi connectivity index (χ1) is 13.5. The summed E-state index contributed by atoms with van der Waals surface area (Å²) in [6.07, 6.45) is 2.37. The van der Waals surface area contributed by atoms with Crippen LogP contribution in [0.25, 0.3) is 10.2 Å². The zero-order valence-corrected chi connectivity index (χ0v) is 17.3. The molecule has 0 aliphatic rings. The van der Waals surface area contributed by atoms with Crippen LogP contribution in [0.4, 0.5) is 5.82 Å². The fourth-order valence-corrected chi connectivity index (χ4v) is 4.07. The maximum absolute atomic E-state index is 9.42. The number of aromatic nitrogens is 2. The Kier molecular flexibility index (Phi) is 5.81. The van der Waals surface area contributed by atoms with E-state index in [4.69, 9.17) is 19.4 Å². The van der Waals surface area contributed by atoms with Gasteiger partial charge in [-0.05, 0) is 30.2 Å². The quantitative estimate of drug-likeness (QED) is 0.562. The van der Waals surface area contributed by atoms with Crippen LogP contribution in [0, 0.1) is 18.3 Å². The van der Waals surface area contributed by atoms with E-state index in [1.54, 1.807) is 14.2 Å². The van der Waals surface area contributed by atoms with Crippen LogP contribution in [-0.4, -0.2) is 37.8 Å². The molecule has 0 spiro atoms. The van der Waals surface area contributed by atoms with Gasteiger partial charge in [-0.3, -0.25) is 0 Å². The van der Waals surface area contributed by atoms with Crippen molar-refractivity contribution in [3.05, 3.63) is 52.7 Å². The average molecular weight is 395 g/mol. The second-order valence-corrected chi connectivity index (χ2v) is 7.35. The highest BCUT2D eigenvalue weighted by Gasteiger charge is 2.19. The van der Waals surface area contributed by atoms with Crippen LogP contribution in [0.3, 0.4) is 0 Å². The number of thiophene rings is 1. The predicted molar refractivity (Wildman–Crippen MR) is 113 cm³/mol. The van der Waals surface area contributed by atoms with Gasteiger partial charge >= 0.3 is 0 Å². The lowest BCUT2D eigenvalue weighted by atomic mass is 10.1. The monoisotopic (exact) mass is 394 g/mol. The maximum atomic E-state index is 9.42. The fraction of sp³-hybridized carbons (Fsp3) is 0.286. The van der Waals surface area contributed by atoms with Gasteiger partial charge in [-0.15, -0.1) is 17.9 Å². The third kappa shape index (κ3) is 3.64. The first-order valence-electron chi connectivity index (χ1n) is 8.75. The fourth-order valence-electron chi connectivity index (χ4n) is 3.08. The Morgan fingerprint density at radius 3 is 2.64 bits per heavy atom. The molecule has 2 heterocycles. The van der Waals surface area contributed by atoms with Crippen LogP contribution < -0.4 is 14.4 Å². The van der Waals surface area contributed by atoms with Gasteiger partial charge < -0.3 is 14.4 Å². The molecule has 2 aromatic heterocycles. The Balaban J connectivity index is 2.09. The molecule has 0 saturated heterocycles. The molecule has 0 aliphatic heterocycles. The normalized spacial score (nSPS) is 10.5. The highest BCUT2D eigenvalue weighted by atomic mass is 32.1. The molecule has 0 fully saturated rings. The number of nitriles is 1. The van der Waals surface area contributed by atoms with Gasteiger partial charge in [0.25, 0.3) is 0 Å². The van der Waals surface area contributed by atoms with Crippen LogP contribution in [0.5, 0.6) is 11.5 Å². The van der Waals surface area contributed by atoms with Crippen LogP contribution in [0.15, 0.2) is 30.9 Å². The zero-order valence-electron chi connectivity index (χ0n) is 16.4. The Morgan fingerprint density at radius 1 is 1.25 bits per heavy atom. The number of fused-ring (bicyclic) bond motifs is 1. The molecule has 6 nitrogen and oxygen atoms in total. The van der Waals surface area contributed by atoms with Crippen LogP contribution in [-0.2, 0) is 6.42 Å². The number of rotatable bonds is 7. The molecule has 0 amide bonds. The van der Waals surface area contributed by atoms with E-state index in [2.05, 4.69) is 12.6 Å². The highest BCUT2D eigenvalue weighted by molar-refractivity contribution is 7.19. The van der Waals surface area contributed by atoms with Crippen molar-refractivity contribution in [2.24, 2.45) is 0 Å². The Labute approximate surface area is 168 Å². The van der Waals surface area contributed by atoms with Gasteiger partial charge in [0.2, 0.25) is 0 Å². The molecule has 0 atom stereocenters. The lowest BCUT2D eigenvalue weighted by molar-refractivity contribution is 0.354. The largest absolute Gasteiger partial charge is 0.493 e. The second kappa shape index (κ2) is 8.28. The summed E-state index contributed by atoms with van der Waals surface area (Å²) in [4.78, 5) is 13.1. The smallest absolute Gasteiger partial charge is 0.161 e. The van der Waals surface area contributed by atoms with E-state index in [9.17, 15) is 5.26 Å². The number of anilines is 1. The molecule has 0 radical (unpaired) electrons. The van der Waals surface area contributed by atoms with E-state index >= 15 is 0 Å². The van der Waals surface area contributed by atoms with Crippen molar-refractivity contribution in [2.75, 3.05) is 32.7 Å². The van der Waals surface area contributed by atoms with Crippen molar-refractivity contribution in [1.82, 2.24) is 9.97 Å². The molecule has 1 aromatic carbocycles. The molecule has 0 N–H and O–H groups in total. The molecule has 0 unspecified atom stereocenters. The number of benzene rings is 1. The molecule has 0 saturated carbocycles. The molecule has 28 heavy (non-hydrogen) atoms. The Bertz CT molecular complexity index is 1070. The summed E-state index contributed by atoms with van der Waals surface area (Å²) in [7, 11) is 5.19. The second-order valence-electron chi connectivity index (χ2n) is 6.35. The van der Waals surface area contributed by atoms with Gasteiger partial charge in [0, 0.05) is 20.0 Å². The minimum Gasteiger partial charge on any atom is -0.493 e. The number of likely N-dealkylation sites (N-methyl/N-ethyl adjacent to an activating group) is 1. The third-order valence-electron chi connectivity index (χ3n) is 4.49. The lowest BCUT2D eigenvalue weighted by Gasteiger charge is -2.18. The number of methoxy groups -OCH3 is 2. The summed E-state index contributed by atoms with van der Waals surface area (Å²) in [6.45, 7) is 6.41. The molecular weight excluding hydrogens is 372 g/mol. The van der Waals surface area contributed by atoms with Gasteiger partial charge in [0.15, 0.2) is 11.5 Å². The summed E-state index contributed by atoms with van der Waals surface area (Å²) >= 11 is 1.40. The summed E-state index contributed by atoms with van der Waals surface area (Å²) in [6, 6.07) is 8.04. The first kappa shape index (κ1) is 19.6. The standard InChI is InChI=1S/C21H22N4O2S/c1-6-9-25(3)20-19-13(2)17(12-22)28-21(19)24-18(23-20)11-14-7-8-15(26-4)16(10-14)27-5/h6-8,10H,1,9,11H2,2-5H3. The van der Waals surface area contributed by atoms with Gasteiger partial charge in [0.05, 0.1) is 19.6 Å². The number of ether oxygens (including phenoxy) is 2. The number of hydrogen-bond donors (Lipinski definition) is 0. The van der Waals surface area contributed by atoms with Gasteiger partial charge in [-0.2, -0.15) is 5.26 Å². The van der Waals surface area contributed by atoms with E-state index in [0.29, 0.717) is 35.2 Å². The maximum Gasteiger partial charge on any atom is 0.161 e. The Hall–Kier alpha value is -3.11. The molecule has 0 bridgehead atoms. The van der Waals surface area contributed by atoms with E-state index in [-0.39, 0.29) is 0 Å². The summed E-state index contributed by atoms with van der Waals surface area (Å²) in [5.41, 5.74) is 1.94. The molecule has 0 aliphatic carbocycles.